The van der Waals surface area contributed by atoms with E-state index in [-0.39, 0.29) is 0 Å². The van der Waals surface area contributed by atoms with Crippen molar-refractivity contribution >= 4 is 40.1 Å². The number of nitrogens with zero attached hydrogens (tertiary/aromatic N) is 1. The zero-order chi connectivity index (χ0) is 9.97. The molecule has 0 bridgehead atoms. The van der Waals surface area contributed by atoms with Crippen molar-refractivity contribution in [2.24, 2.45) is 0 Å². The van der Waals surface area contributed by atoms with E-state index in [0.29, 0.717) is 4.47 Å². The van der Waals surface area contributed by atoms with Crippen LogP contribution in [0.5, 0.6) is 0 Å². The Kier molecular flexibility index (Phi) is 3.05. The van der Waals surface area contributed by atoms with Gasteiger partial charge in [-0.1, -0.05) is 11.6 Å². The molecule has 0 amide bonds. The van der Waals surface area contributed by atoms with Gasteiger partial charge in [0.1, 0.15) is 5.82 Å². The number of anilines is 1. The molecule has 0 saturated heterocycles. The van der Waals surface area contributed by atoms with Gasteiger partial charge < -0.3 is 5.32 Å². The van der Waals surface area contributed by atoms with Crippen LogP contribution in [0, 0.1) is 6.92 Å². The number of hydrogen-bond acceptors (Lipinski definition) is 4. The van der Waals surface area contributed by atoms with Crippen LogP contribution in [0.15, 0.2) is 17.5 Å². The molecular formula is C9H9ClN2S2. The van der Waals surface area contributed by atoms with E-state index in [2.05, 4.69) is 29.4 Å². The maximum atomic E-state index is 5.72. The van der Waals surface area contributed by atoms with E-state index in [1.54, 1.807) is 11.3 Å². The van der Waals surface area contributed by atoms with Gasteiger partial charge in [0.2, 0.25) is 0 Å². The number of halogens is 1. The van der Waals surface area contributed by atoms with Gasteiger partial charge in [0, 0.05) is 15.1 Å². The molecule has 0 saturated carbocycles. The van der Waals surface area contributed by atoms with Gasteiger partial charge >= 0.3 is 0 Å². The van der Waals surface area contributed by atoms with Gasteiger partial charge in [-0.2, -0.15) is 0 Å². The molecule has 1 N–H and O–H groups in total. The molecule has 0 unspecified atom stereocenters. The van der Waals surface area contributed by atoms with Crippen molar-refractivity contribution in [3.63, 3.8) is 0 Å². The molecule has 0 radical (unpaired) electrons. The molecule has 14 heavy (non-hydrogen) atoms. The van der Waals surface area contributed by atoms with Crippen LogP contribution < -0.4 is 5.32 Å². The topological polar surface area (TPSA) is 24.9 Å². The number of thiophene rings is 1. The first kappa shape index (κ1) is 9.96. The van der Waals surface area contributed by atoms with E-state index in [9.17, 15) is 0 Å². The smallest absolute Gasteiger partial charge is 0.185 e. The highest BCUT2D eigenvalue weighted by Crippen LogP contribution is 2.20. The first-order chi connectivity index (χ1) is 6.74. The van der Waals surface area contributed by atoms with Crippen molar-refractivity contribution in [1.29, 1.82) is 0 Å². The highest BCUT2D eigenvalue weighted by molar-refractivity contribution is 7.14. The van der Waals surface area contributed by atoms with Crippen molar-refractivity contribution in [1.82, 2.24) is 4.98 Å². The summed E-state index contributed by atoms with van der Waals surface area (Å²) in [5.74, 6) is 0.853. The quantitative estimate of drug-likeness (QED) is 0.889. The molecule has 2 aromatic heterocycles. The summed E-state index contributed by atoms with van der Waals surface area (Å²) >= 11 is 8.95. The molecular weight excluding hydrogens is 236 g/mol. The normalized spacial score (nSPS) is 10.4. The minimum absolute atomic E-state index is 0.579. The van der Waals surface area contributed by atoms with Crippen molar-refractivity contribution in [2.75, 3.05) is 5.32 Å². The monoisotopic (exact) mass is 244 g/mol. The van der Waals surface area contributed by atoms with E-state index < -0.39 is 0 Å². The lowest BCUT2D eigenvalue weighted by Gasteiger charge is -1.98. The van der Waals surface area contributed by atoms with Gasteiger partial charge in [-0.3, -0.25) is 0 Å². The molecule has 2 heterocycles. The first-order valence-corrected chi connectivity index (χ1v) is 6.21. The Balaban J connectivity index is 1.94. The summed E-state index contributed by atoms with van der Waals surface area (Å²) in [6, 6.07) is 4.25. The lowest BCUT2D eigenvalue weighted by molar-refractivity contribution is 1.16. The summed E-state index contributed by atoms with van der Waals surface area (Å²) in [7, 11) is 0. The van der Waals surface area contributed by atoms with Crippen LogP contribution in [0.25, 0.3) is 0 Å². The lowest BCUT2D eigenvalue weighted by Crippen LogP contribution is -1.96. The van der Waals surface area contributed by atoms with Gasteiger partial charge in [0.15, 0.2) is 4.47 Å². The fraction of sp³-hybridized carbons (Fsp3) is 0.222. The molecule has 2 nitrogen and oxygen atoms in total. The maximum absolute atomic E-state index is 5.72. The molecule has 0 spiro atoms. The Hall–Kier alpha value is -0.580. The molecule has 0 atom stereocenters. The third-order valence-electron chi connectivity index (χ3n) is 1.72. The number of rotatable bonds is 3. The predicted molar refractivity (Wildman–Crippen MR) is 63.5 cm³/mol. The van der Waals surface area contributed by atoms with Gasteiger partial charge in [-0.25, -0.2) is 4.98 Å². The van der Waals surface area contributed by atoms with Crippen LogP contribution in [0.3, 0.4) is 0 Å². The van der Waals surface area contributed by atoms with E-state index in [1.807, 2.05) is 5.38 Å². The van der Waals surface area contributed by atoms with Gasteiger partial charge in [-0.05, 0) is 19.1 Å². The van der Waals surface area contributed by atoms with Crippen LogP contribution in [0.4, 0.5) is 5.82 Å². The average molecular weight is 245 g/mol. The van der Waals surface area contributed by atoms with E-state index in [0.717, 1.165) is 12.4 Å². The van der Waals surface area contributed by atoms with Crippen LogP contribution in [-0.2, 0) is 6.54 Å². The van der Waals surface area contributed by atoms with Crippen LogP contribution in [0.2, 0.25) is 4.47 Å². The third kappa shape index (κ3) is 2.47. The van der Waals surface area contributed by atoms with Crippen molar-refractivity contribution in [3.05, 3.63) is 31.7 Å². The summed E-state index contributed by atoms with van der Waals surface area (Å²) in [4.78, 5) is 6.75. The largest absolute Gasteiger partial charge is 0.364 e. The molecule has 2 aromatic rings. The minimum Gasteiger partial charge on any atom is -0.364 e. The Labute approximate surface area is 95.6 Å². The van der Waals surface area contributed by atoms with E-state index in [1.165, 1.54) is 21.1 Å². The molecule has 74 valence electrons. The Morgan fingerprint density at radius 3 is 2.93 bits per heavy atom. The fourth-order valence-electron chi connectivity index (χ4n) is 1.09. The Morgan fingerprint density at radius 2 is 2.36 bits per heavy atom. The number of nitrogens with one attached hydrogen (secondary N) is 1. The van der Waals surface area contributed by atoms with E-state index in [4.69, 9.17) is 11.6 Å². The summed E-state index contributed by atoms with van der Waals surface area (Å²) < 4.78 is 0.579. The van der Waals surface area contributed by atoms with Crippen molar-refractivity contribution < 1.29 is 0 Å². The van der Waals surface area contributed by atoms with Gasteiger partial charge in [0.05, 0.1) is 6.54 Å². The highest BCUT2D eigenvalue weighted by atomic mass is 35.5. The highest BCUT2D eigenvalue weighted by Gasteiger charge is 2.00. The number of thiazole rings is 1. The second kappa shape index (κ2) is 4.29. The Bertz CT molecular complexity index is 382. The second-order valence-electron chi connectivity index (χ2n) is 2.85. The lowest BCUT2D eigenvalue weighted by atomic mass is 10.4. The number of aryl methyl sites for hydroxylation is 1. The van der Waals surface area contributed by atoms with Crippen molar-refractivity contribution in [3.8, 4) is 0 Å². The summed E-state index contributed by atoms with van der Waals surface area (Å²) in [5.41, 5.74) is 0. The summed E-state index contributed by atoms with van der Waals surface area (Å²) in [6.45, 7) is 2.92. The van der Waals surface area contributed by atoms with Gasteiger partial charge in [-0.15, -0.1) is 22.7 Å². The molecule has 0 aliphatic rings. The molecule has 2 rings (SSSR count). The summed E-state index contributed by atoms with van der Waals surface area (Å²) in [5, 5.41) is 5.14. The van der Waals surface area contributed by atoms with Gasteiger partial charge in [0.25, 0.3) is 0 Å². The zero-order valence-corrected chi connectivity index (χ0v) is 9.97. The molecule has 0 aromatic carbocycles. The predicted octanol–water partition coefficient (Wildman–Crippen LogP) is 3.78. The second-order valence-corrected chi connectivity index (χ2v) is 5.66. The SMILES string of the molecule is Cc1ccc(CNc2csc(Cl)n2)s1. The van der Waals surface area contributed by atoms with Crippen LogP contribution in [0.1, 0.15) is 9.75 Å². The zero-order valence-electron chi connectivity index (χ0n) is 7.58. The Morgan fingerprint density at radius 1 is 1.50 bits per heavy atom. The molecule has 0 fully saturated rings. The van der Waals surface area contributed by atoms with Crippen LogP contribution >= 0.6 is 34.3 Å². The molecule has 0 aliphatic heterocycles. The third-order valence-corrected chi connectivity index (χ3v) is 3.70. The first-order valence-electron chi connectivity index (χ1n) is 4.14. The van der Waals surface area contributed by atoms with E-state index >= 15 is 0 Å². The standard InChI is InChI=1S/C9H9ClN2S2/c1-6-2-3-7(14-6)4-11-8-5-13-9(10)12-8/h2-3,5,11H,4H2,1H3. The molecule has 0 aliphatic carbocycles. The fourth-order valence-corrected chi connectivity index (χ4v) is 2.64. The average Bonchev–Trinajstić information content (AvgIpc) is 2.72. The summed E-state index contributed by atoms with van der Waals surface area (Å²) in [6.07, 6.45) is 0. The molecule has 5 heteroatoms. The van der Waals surface area contributed by atoms with Crippen molar-refractivity contribution in [2.45, 2.75) is 13.5 Å². The van der Waals surface area contributed by atoms with Crippen LogP contribution in [-0.4, -0.2) is 4.98 Å². The number of hydrogen-bond donors (Lipinski definition) is 1. The maximum Gasteiger partial charge on any atom is 0.185 e. The minimum atomic E-state index is 0.579. The number of aromatic nitrogens is 1.